The molecule has 6 heteroatoms. The highest BCUT2D eigenvalue weighted by molar-refractivity contribution is 6.05. The Labute approximate surface area is 204 Å². The standard InChI is InChI=1S/C29H28N2O4/c1-4-19-9-8-10-20(5-2)28(19)31-27(32)18-35-29(33)24-17-26(21-13-15-22(34-3)16-14-21)30-25-12-7-6-11-23(24)25/h6-17H,4-5,18H2,1-3H3,(H,31,32). The summed E-state index contributed by atoms with van der Waals surface area (Å²) in [4.78, 5) is 30.5. The molecule has 0 radical (unpaired) electrons. The minimum atomic E-state index is -0.576. The summed E-state index contributed by atoms with van der Waals surface area (Å²) in [5.74, 6) is -0.216. The van der Waals surface area contributed by atoms with E-state index in [9.17, 15) is 9.59 Å². The zero-order valence-corrected chi connectivity index (χ0v) is 20.1. The Hall–Kier alpha value is -4.19. The van der Waals surface area contributed by atoms with Crippen molar-refractivity contribution in [2.75, 3.05) is 19.0 Å². The van der Waals surface area contributed by atoms with Gasteiger partial charge >= 0.3 is 5.97 Å². The summed E-state index contributed by atoms with van der Waals surface area (Å²) in [6.07, 6.45) is 1.58. The lowest BCUT2D eigenvalue weighted by Crippen LogP contribution is -2.22. The van der Waals surface area contributed by atoms with Crippen molar-refractivity contribution in [1.82, 2.24) is 4.98 Å². The Kier molecular flexibility index (Phi) is 7.41. The number of benzene rings is 3. The van der Waals surface area contributed by atoms with Gasteiger partial charge in [-0.1, -0.05) is 50.2 Å². The third-order valence-electron chi connectivity index (χ3n) is 5.92. The molecule has 178 valence electrons. The highest BCUT2D eigenvalue weighted by Gasteiger charge is 2.17. The number of aryl methyl sites for hydroxylation is 2. The van der Waals surface area contributed by atoms with Gasteiger partial charge in [-0.3, -0.25) is 4.79 Å². The number of esters is 1. The number of carbonyl (C=O) groups is 2. The Bertz CT molecular complexity index is 1340. The molecule has 0 saturated carbocycles. The van der Waals surface area contributed by atoms with Gasteiger partial charge in [-0.2, -0.15) is 0 Å². The van der Waals surface area contributed by atoms with Crippen LogP contribution in [-0.4, -0.2) is 30.6 Å². The van der Waals surface area contributed by atoms with Crippen molar-refractivity contribution < 1.29 is 19.1 Å². The van der Waals surface area contributed by atoms with Crippen LogP contribution in [0.4, 0.5) is 5.69 Å². The number of nitrogens with one attached hydrogen (secondary N) is 1. The van der Waals surface area contributed by atoms with Crippen LogP contribution in [0.2, 0.25) is 0 Å². The van der Waals surface area contributed by atoms with E-state index in [2.05, 4.69) is 5.32 Å². The van der Waals surface area contributed by atoms with E-state index in [1.807, 2.05) is 80.6 Å². The van der Waals surface area contributed by atoms with Gasteiger partial charge in [0.25, 0.3) is 5.91 Å². The van der Waals surface area contributed by atoms with Gasteiger partial charge in [-0.15, -0.1) is 0 Å². The molecule has 0 atom stereocenters. The lowest BCUT2D eigenvalue weighted by molar-refractivity contribution is -0.119. The highest BCUT2D eigenvalue weighted by atomic mass is 16.5. The maximum Gasteiger partial charge on any atom is 0.339 e. The van der Waals surface area contributed by atoms with E-state index in [4.69, 9.17) is 14.5 Å². The Morgan fingerprint density at radius 1 is 0.886 bits per heavy atom. The van der Waals surface area contributed by atoms with Crippen LogP contribution in [0.3, 0.4) is 0 Å². The number of pyridine rings is 1. The van der Waals surface area contributed by atoms with Gasteiger partial charge in [-0.25, -0.2) is 9.78 Å². The number of aromatic nitrogens is 1. The monoisotopic (exact) mass is 468 g/mol. The molecule has 3 aromatic carbocycles. The van der Waals surface area contributed by atoms with Gasteiger partial charge in [0, 0.05) is 16.6 Å². The van der Waals surface area contributed by atoms with Crippen LogP contribution < -0.4 is 10.1 Å². The Morgan fingerprint density at radius 2 is 1.57 bits per heavy atom. The van der Waals surface area contributed by atoms with Crippen LogP contribution in [0.25, 0.3) is 22.2 Å². The molecule has 0 aliphatic carbocycles. The zero-order valence-electron chi connectivity index (χ0n) is 20.1. The molecule has 4 aromatic rings. The number of hydrogen-bond acceptors (Lipinski definition) is 5. The summed E-state index contributed by atoms with van der Waals surface area (Å²) in [6, 6.07) is 22.5. The summed E-state index contributed by atoms with van der Waals surface area (Å²) in [5.41, 5.74) is 5.40. The number of nitrogens with zero attached hydrogens (tertiary/aromatic N) is 1. The first-order valence-corrected chi connectivity index (χ1v) is 11.7. The maximum absolute atomic E-state index is 13.1. The molecular formula is C29H28N2O4. The predicted molar refractivity (Wildman–Crippen MR) is 138 cm³/mol. The first-order chi connectivity index (χ1) is 17.0. The van der Waals surface area contributed by atoms with Crippen molar-refractivity contribution in [1.29, 1.82) is 0 Å². The molecule has 0 unspecified atom stereocenters. The second-order valence-corrected chi connectivity index (χ2v) is 8.08. The van der Waals surface area contributed by atoms with Crippen LogP contribution in [0.1, 0.15) is 35.3 Å². The van der Waals surface area contributed by atoms with Crippen molar-refractivity contribution in [3.05, 3.63) is 89.5 Å². The van der Waals surface area contributed by atoms with Crippen LogP contribution in [0.5, 0.6) is 5.75 Å². The molecule has 0 aliphatic rings. The molecular weight excluding hydrogens is 440 g/mol. The molecule has 1 amide bonds. The molecule has 0 aliphatic heterocycles. The summed E-state index contributed by atoms with van der Waals surface area (Å²) >= 11 is 0. The number of ether oxygens (including phenoxy) is 2. The van der Waals surface area contributed by atoms with Crippen LogP contribution >= 0.6 is 0 Å². The molecule has 4 rings (SSSR count). The van der Waals surface area contributed by atoms with E-state index in [1.54, 1.807) is 13.2 Å². The van der Waals surface area contributed by atoms with E-state index in [1.165, 1.54) is 0 Å². The lowest BCUT2D eigenvalue weighted by Gasteiger charge is -2.15. The molecule has 1 aromatic heterocycles. The van der Waals surface area contributed by atoms with Crippen molar-refractivity contribution in [2.24, 2.45) is 0 Å². The summed E-state index contributed by atoms with van der Waals surface area (Å²) in [7, 11) is 1.61. The first-order valence-electron chi connectivity index (χ1n) is 11.7. The largest absolute Gasteiger partial charge is 0.497 e. The number of fused-ring (bicyclic) bond motifs is 1. The quantitative estimate of drug-likeness (QED) is 0.329. The predicted octanol–water partition coefficient (Wildman–Crippen LogP) is 5.83. The Morgan fingerprint density at radius 3 is 2.23 bits per heavy atom. The second kappa shape index (κ2) is 10.8. The summed E-state index contributed by atoms with van der Waals surface area (Å²) < 4.78 is 10.7. The SMILES string of the molecule is CCc1cccc(CC)c1NC(=O)COC(=O)c1cc(-c2ccc(OC)cc2)nc2ccccc12. The topological polar surface area (TPSA) is 77.5 Å². The van der Waals surface area contributed by atoms with E-state index in [0.717, 1.165) is 41.0 Å². The van der Waals surface area contributed by atoms with Crippen molar-refractivity contribution in [2.45, 2.75) is 26.7 Å². The third kappa shape index (κ3) is 5.32. The van der Waals surface area contributed by atoms with E-state index in [0.29, 0.717) is 22.2 Å². The summed E-state index contributed by atoms with van der Waals surface area (Å²) in [6.45, 7) is 3.70. The number of rotatable bonds is 8. The number of amides is 1. The van der Waals surface area contributed by atoms with Gasteiger partial charge in [0.15, 0.2) is 6.61 Å². The normalized spacial score (nSPS) is 10.7. The van der Waals surface area contributed by atoms with E-state index < -0.39 is 5.97 Å². The maximum atomic E-state index is 13.1. The molecule has 0 saturated heterocycles. The molecule has 1 heterocycles. The molecule has 0 fully saturated rings. The van der Waals surface area contributed by atoms with E-state index in [-0.39, 0.29) is 12.5 Å². The summed E-state index contributed by atoms with van der Waals surface area (Å²) in [5, 5.41) is 3.60. The molecule has 0 bridgehead atoms. The minimum Gasteiger partial charge on any atom is -0.497 e. The number of methoxy groups -OCH3 is 1. The number of carbonyl (C=O) groups excluding carboxylic acids is 2. The number of hydrogen-bond donors (Lipinski definition) is 1. The van der Waals surface area contributed by atoms with Crippen molar-refractivity contribution in [3.63, 3.8) is 0 Å². The smallest absolute Gasteiger partial charge is 0.339 e. The minimum absolute atomic E-state index is 0.359. The molecule has 35 heavy (non-hydrogen) atoms. The second-order valence-electron chi connectivity index (χ2n) is 8.08. The lowest BCUT2D eigenvalue weighted by atomic mass is 10.0. The fourth-order valence-electron chi connectivity index (χ4n) is 4.04. The third-order valence-corrected chi connectivity index (χ3v) is 5.92. The Balaban J connectivity index is 1.56. The molecule has 1 N–H and O–H groups in total. The van der Waals surface area contributed by atoms with Gasteiger partial charge in [-0.05, 0) is 60.4 Å². The van der Waals surface area contributed by atoms with Crippen molar-refractivity contribution in [3.8, 4) is 17.0 Å². The average molecular weight is 469 g/mol. The van der Waals surface area contributed by atoms with Crippen molar-refractivity contribution >= 4 is 28.5 Å². The van der Waals surface area contributed by atoms with E-state index >= 15 is 0 Å². The number of anilines is 1. The van der Waals surface area contributed by atoms with Crippen LogP contribution in [0.15, 0.2) is 72.8 Å². The van der Waals surface area contributed by atoms with Crippen LogP contribution in [0, 0.1) is 0 Å². The fraction of sp³-hybridized carbons (Fsp3) is 0.207. The van der Waals surface area contributed by atoms with Gasteiger partial charge < -0.3 is 14.8 Å². The van der Waals surface area contributed by atoms with Crippen LogP contribution in [-0.2, 0) is 22.4 Å². The van der Waals surface area contributed by atoms with Gasteiger partial charge in [0.1, 0.15) is 5.75 Å². The fourth-order valence-corrected chi connectivity index (χ4v) is 4.04. The zero-order chi connectivity index (χ0) is 24.8. The molecule has 6 nitrogen and oxygen atoms in total. The highest BCUT2D eigenvalue weighted by Crippen LogP contribution is 2.27. The first kappa shape index (κ1) is 24.0. The average Bonchev–Trinajstić information content (AvgIpc) is 2.91. The van der Waals surface area contributed by atoms with Gasteiger partial charge in [0.2, 0.25) is 0 Å². The van der Waals surface area contributed by atoms with Gasteiger partial charge in [0.05, 0.1) is 23.9 Å². The molecule has 0 spiro atoms. The number of para-hydroxylation sites is 2.